The van der Waals surface area contributed by atoms with Crippen molar-refractivity contribution in [2.45, 2.75) is 25.9 Å². The van der Waals surface area contributed by atoms with E-state index < -0.39 is 12.7 Å². The fourth-order valence-electron chi connectivity index (χ4n) is 2.36. The predicted molar refractivity (Wildman–Crippen MR) is 62.2 cm³/mol. The van der Waals surface area contributed by atoms with Crippen LogP contribution in [-0.4, -0.2) is 19.3 Å². The first-order valence-corrected chi connectivity index (χ1v) is 5.85. The number of hydrogen-bond acceptors (Lipinski definition) is 1. The van der Waals surface area contributed by atoms with Crippen molar-refractivity contribution < 1.29 is 13.2 Å². The van der Waals surface area contributed by atoms with Gasteiger partial charge in [-0.15, -0.1) is 0 Å². The first-order valence-electron chi connectivity index (χ1n) is 5.85. The molecule has 1 nitrogen and oxygen atoms in total. The van der Waals surface area contributed by atoms with Gasteiger partial charge in [-0.2, -0.15) is 13.2 Å². The highest BCUT2D eigenvalue weighted by Crippen LogP contribution is 2.30. The minimum absolute atomic E-state index is 0.296. The van der Waals surface area contributed by atoms with Gasteiger partial charge in [0.25, 0.3) is 0 Å². The molecule has 0 radical (unpaired) electrons. The lowest BCUT2D eigenvalue weighted by Gasteiger charge is -2.27. The second-order valence-corrected chi connectivity index (χ2v) is 4.77. The van der Waals surface area contributed by atoms with Gasteiger partial charge in [0.15, 0.2) is 0 Å². The van der Waals surface area contributed by atoms with E-state index in [4.69, 9.17) is 0 Å². The first kappa shape index (κ1) is 12.3. The predicted octanol–water partition coefficient (Wildman–Crippen LogP) is 3.64. The summed E-state index contributed by atoms with van der Waals surface area (Å²) in [6.45, 7) is 1.64. The molecular weight excluding hydrogens is 227 g/mol. The van der Waals surface area contributed by atoms with Crippen molar-refractivity contribution in [1.29, 1.82) is 0 Å². The Balaban J connectivity index is 2.29. The number of rotatable bonds is 1. The highest BCUT2D eigenvalue weighted by atomic mass is 19.4. The summed E-state index contributed by atoms with van der Waals surface area (Å²) in [4.78, 5) is 1.47. The molecule has 0 unspecified atom stereocenters. The summed E-state index contributed by atoms with van der Waals surface area (Å²) in [5.41, 5.74) is 1.77. The Morgan fingerprint density at radius 3 is 2.71 bits per heavy atom. The number of hydrogen-bond donors (Lipinski definition) is 0. The Bertz CT molecular complexity index is 386. The number of halogens is 3. The topological polar surface area (TPSA) is 3.24 Å². The quantitative estimate of drug-likeness (QED) is 0.728. The van der Waals surface area contributed by atoms with Crippen LogP contribution < -0.4 is 4.90 Å². The summed E-state index contributed by atoms with van der Waals surface area (Å²) in [5, 5.41) is 0. The van der Waals surface area contributed by atoms with Crippen LogP contribution >= 0.6 is 0 Å². The van der Waals surface area contributed by atoms with Crippen molar-refractivity contribution in [3.8, 4) is 0 Å². The van der Waals surface area contributed by atoms with E-state index in [2.05, 4.69) is 0 Å². The lowest BCUT2D eigenvalue weighted by molar-refractivity contribution is -0.119. The van der Waals surface area contributed by atoms with Crippen LogP contribution in [0, 0.1) is 5.92 Å². The molecule has 0 saturated heterocycles. The van der Waals surface area contributed by atoms with E-state index >= 15 is 0 Å². The van der Waals surface area contributed by atoms with Crippen LogP contribution in [0.25, 0.3) is 0 Å². The van der Waals surface area contributed by atoms with Gasteiger partial charge in [0, 0.05) is 12.2 Å². The molecule has 1 atom stereocenters. The molecule has 0 bridgehead atoms. The molecule has 1 aromatic carbocycles. The fraction of sp³-hybridized carbons (Fsp3) is 0.538. The van der Waals surface area contributed by atoms with Gasteiger partial charge in [-0.25, -0.2) is 0 Å². The highest BCUT2D eigenvalue weighted by Gasteiger charge is 2.32. The van der Waals surface area contributed by atoms with Crippen molar-refractivity contribution >= 4 is 5.69 Å². The smallest absolute Gasteiger partial charge is 0.362 e. The number of nitrogens with zero attached hydrogens (tertiary/aromatic N) is 1. The molecule has 0 spiro atoms. The van der Waals surface area contributed by atoms with Crippen LogP contribution in [0.15, 0.2) is 24.3 Å². The molecule has 1 aliphatic rings. The molecule has 17 heavy (non-hydrogen) atoms. The number of fused-ring (bicyclic) bond motifs is 1. The normalized spacial score (nSPS) is 20.9. The van der Waals surface area contributed by atoms with Gasteiger partial charge in [0.2, 0.25) is 0 Å². The van der Waals surface area contributed by atoms with Crippen LogP contribution in [0.2, 0.25) is 0 Å². The van der Waals surface area contributed by atoms with Crippen molar-refractivity contribution in [2.24, 2.45) is 5.92 Å². The Hall–Kier alpha value is -1.19. The molecule has 0 aliphatic carbocycles. The average molecular weight is 243 g/mol. The third-order valence-corrected chi connectivity index (χ3v) is 3.14. The van der Waals surface area contributed by atoms with Gasteiger partial charge < -0.3 is 4.90 Å². The largest absolute Gasteiger partial charge is 0.405 e. The second-order valence-electron chi connectivity index (χ2n) is 4.77. The maximum Gasteiger partial charge on any atom is 0.405 e. The maximum absolute atomic E-state index is 12.6. The van der Waals surface area contributed by atoms with E-state index in [1.807, 2.05) is 19.1 Å². The van der Waals surface area contributed by atoms with Crippen LogP contribution in [0.3, 0.4) is 0 Å². The number of benzene rings is 1. The number of aryl methyl sites for hydroxylation is 1. The number of alkyl halides is 3. The van der Waals surface area contributed by atoms with Crippen LogP contribution in [0.4, 0.5) is 18.9 Å². The zero-order valence-electron chi connectivity index (χ0n) is 9.80. The minimum atomic E-state index is -4.14. The summed E-state index contributed by atoms with van der Waals surface area (Å²) in [7, 11) is 0. The molecule has 1 aliphatic heterocycles. The lowest BCUT2D eigenvalue weighted by Crippen LogP contribution is -2.36. The fourth-order valence-corrected chi connectivity index (χ4v) is 2.36. The molecular formula is C13H16F3N. The Morgan fingerprint density at radius 2 is 2.00 bits per heavy atom. The summed E-state index contributed by atoms with van der Waals surface area (Å²) >= 11 is 0. The molecule has 4 heteroatoms. The van der Waals surface area contributed by atoms with Gasteiger partial charge in [0.1, 0.15) is 6.54 Å². The molecule has 0 N–H and O–H groups in total. The molecule has 0 fully saturated rings. The van der Waals surface area contributed by atoms with Gasteiger partial charge in [-0.3, -0.25) is 0 Å². The third kappa shape index (κ3) is 3.14. The van der Waals surface area contributed by atoms with Crippen molar-refractivity contribution in [1.82, 2.24) is 0 Å². The van der Waals surface area contributed by atoms with Crippen molar-refractivity contribution in [3.05, 3.63) is 29.8 Å². The zero-order chi connectivity index (χ0) is 12.5. The van der Waals surface area contributed by atoms with Gasteiger partial charge in [-0.1, -0.05) is 25.1 Å². The molecule has 94 valence electrons. The van der Waals surface area contributed by atoms with Crippen molar-refractivity contribution in [2.75, 3.05) is 18.0 Å². The molecule has 2 rings (SSSR count). The standard InChI is InChI=1S/C13H16F3N/c1-10-6-7-11-4-2-3-5-12(11)17(8-10)9-13(14,15)16/h2-5,10H,6-9H2,1H3/t10-/m1/s1. The van der Waals surface area contributed by atoms with Crippen LogP contribution in [-0.2, 0) is 6.42 Å². The maximum atomic E-state index is 12.6. The van der Waals surface area contributed by atoms with E-state index in [9.17, 15) is 13.2 Å². The second kappa shape index (κ2) is 4.59. The Labute approximate surface area is 99.2 Å². The summed E-state index contributed by atoms with van der Waals surface area (Å²) in [6.07, 6.45) is -2.33. The minimum Gasteiger partial charge on any atom is -0.362 e. The average Bonchev–Trinajstić information content (AvgIpc) is 2.37. The number of anilines is 1. The molecule has 1 aromatic rings. The van der Waals surface area contributed by atoms with E-state index in [0.717, 1.165) is 24.1 Å². The number of para-hydroxylation sites is 1. The SMILES string of the molecule is C[C@@H]1CCc2ccccc2N(CC(F)(F)F)C1. The Morgan fingerprint density at radius 1 is 1.29 bits per heavy atom. The van der Waals surface area contributed by atoms with Gasteiger partial charge in [-0.05, 0) is 30.4 Å². The Kier molecular flexibility index (Phi) is 3.31. The van der Waals surface area contributed by atoms with Gasteiger partial charge >= 0.3 is 6.18 Å². The summed E-state index contributed by atoms with van der Waals surface area (Å²) in [6, 6.07) is 7.41. The molecule has 0 amide bonds. The van der Waals surface area contributed by atoms with E-state index in [1.54, 1.807) is 12.1 Å². The molecule has 1 heterocycles. The van der Waals surface area contributed by atoms with E-state index in [-0.39, 0.29) is 0 Å². The van der Waals surface area contributed by atoms with Crippen LogP contribution in [0.1, 0.15) is 18.9 Å². The van der Waals surface area contributed by atoms with Gasteiger partial charge in [0.05, 0.1) is 0 Å². The third-order valence-electron chi connectivity index (χ3n) is 3.14. The lowest BCUT2D eigenvalue weighted by atomic mass is 10.0. The van der Waals surface area contributed by atoms with E-state index in [0.29, 0.717) is 12.5 Å². The van der Waals surface area contributed by atoms with Crippen LogP contribution in [0.5, 0.6) is 0 Å². The molecule has 0 saturated carbocycles. The monoisotopic (exact) mass is 243 g/mol. The summed E-state index contributed by atoms with van der Waals surface area (Å²) in [5.74, 6) is 0.296. The zero-order valence-corrected chi connectivity index (χ0v) is 9.80. The van der Waals surface area contributed by atoms with Crippen molar-refractivity contribution in [3.63, 3.8) is 0 Å². The molecule has 0 aromatic heterocycles. The highest BCUT2D eigenvalue weighted by molar-refractivity contribution is 5.54. The first-order chi connectivity index (χ1) is 7.96. The summed E-state index contributed by atoms with van der Waals surface area (Å²) < 4.78 is 37.7. The van der Waals surface area contributed by atoms with E-state index in [1.165, 1.54) is 4.90 Å².